The molecule has 11 nitrogen and oxygen atoms in total. The van der Waals surface area contributed by atoms with Crippen molar-refractivity contribution >= 4 is 35.4 Å². The summed E-state index contributed by atoms with van der Waals surface area (Å²) in [5.74, 6) is -1.31. The van der Waals surface area contributed by atoms with E-state index < -0.39 is 29.4 Å². The maximum atomic E-state index is 13.3. The van der Waals surface area contributed by atoms with Gasteiger partial charge in [0.2, 0.25) is 11.8 Å². The quantitative estimate of drug-likeness (QED) is 0.530. The molecule has 43 heavy (non-hydrogen) atoms. The molecule has 5 heterocycles. The Morgan fingerprint density at radius 2 is 1.60 bits per heavy atom. The summed E-state index contributed by atoms with van der Waals surface area (Å²) < 4.78 is 5.54. The third-order valence-electron chi connectivity index (χ3n) is 9.93. The molecule has 5 aliphatic heterocycles. The number of piperidine rings is 3. The number of hydrogen-bond donors (Lipinski definition) is 1. The van der Waals surface area contributed by atoms with Gasteiger partial charge in [-0.05, 0) is 102 Å². The molecule has 1 atom stereocenters. The second kappa shape index (κ2) is 11.2. The summed E-state index contributed by atoms with van der Waals surface area (Å²) in [6, 6.07) is 4.47. The number of nitrogens with one attached hydrogen (secondary N) is 1. The van der Waals surface area contributed by atoms with Crippen molar-refractivity contribution in [1.29, 1.82) is 0 Å². The molecular weight excluding hydrogens is 550 g/mol. The van der Waals surface area contributed by atoms with Gasteiger partial charge in [0, 0.05) is 44.8 Å². The minimum Gasteiger partial charge on any atom is -0.444 e. The van der Waals surface area contributed by atoms with E-state index >= 15 is 0 Å². The van der Waals surface area contributed by atoms with Crippen LogP contribution in [0.4, 0.5) is 10.5 Å². The summed E-state index contributed by atoms with van der Waals surface area (Å²) in [5.41, 5.74) is 1.36. The van der Waals surface area contributed by atoms with Gasteiger partial charge in [-0.15, -0.1) is 0 Å². The molecule has 0 bridgehead atoms. The first-order chi connectivity index (χ1) is 20.4. The van der Waals surface area contributed by atoms with E-state index in [2.05, 4.69) is 15.1 Å². The third-order valence-corrected chi connectivity index (χ3v) is 9.93. The summed E-state index contributed by atoms with van der Waals surface area (Å²) in [5, 5.41) is 2.25. The zero-order valence-electron chi connectivity index (χ0n) is 25.5. The van der Waals surface area contributed by atoms with Crippen LogP contribution in [0, 0.1) is 11.3 Å². The molecule has 1 unspecified atom stereocenters. The van der Waals surface area contributed by atoms with Gasteiger partial charge in [0.25, 0.3) is 11.8 Å². The molecule has 11 heteroatoms. The molecule has 0 saturated carbocycles. The molecule has 6 rings (SSSR count). The second-order valence-corrected chi connectivity index (χ2v) is 14.1. The van der Waals surface area contributed by atoms with Crippen molar-refractivity contribution in [1.82, 2.24) is 20.0 Å². The van der Waals surface area contributed by atoms with Gasteiger partial charge in [0.15, 0.2) is 0 Å². The first-order valence-corrected chi connectivity index (χ1v) is 15.7. The third kappa shape index (κ3) is 6.01. The predicted molar refractivity (Wildman–Crippen MR) is 159 cm³/mol. The Hall–Kier alpha value is -3.47. The van der Waals surface area contributed by atoms with Crippen LogP contribution in [0.25, 0.3) is 0 Å². The first-order valence-electron chi connectivity index (χ1n) is 15.7. The van der Waals surface area contributed by atoms with Crippen molar-refractivity contribution < 1.29 is 28.7 Å². The molecule has 1 aromatic rings. The monoisotopic (exact) mass is 593 g/mol. The van der Waals surface area contributed by atoms with Crippen LogP contribution < -0.4 is 10.2 Å². The maximum Gasteiger partial charge on any atom is 0.410 e. The smallest absolute Gasteiger partial charge is 0.410 e. The van der Waals surface area contributed by atoms with Crippen molar-refractivity contribution in [2.75, 3.05) is 50.7 Å². The molecule has 5 amide bonds. The molecule has 0 aromatic heterocycles. The van der Waals surface area contributed by atoms with Gasteiger partial charge in [-0.25, -0.2) is 4.79 Å². The fraction of sp³-hybridized carbons (Fsp3) is 0.656. The minimum atomic E-state index is -0.952. The van der Waals surface area contributed by atoms with Gasteiger partial charge >= 0.3 is 6.09 Å². The van der Waals surface area contributed by atoms with Gasteiger partial charge in [0.05, 0.1) is 11.1 Å². The van der Waals surface area contributed by atoms with E-state index in [9.17, 15) is 24.0 Å². The lowest BCUT2D eigenvalue weighted by Crippen LogP contribution is -2.54. The molecule has 1 N–H and O–H groups in total. The number of amides is 5. The molecule has 1 spiro atoms. The number of carbonyl (C=O) groups is 5. The normalized spacial score (nSPS) is 25.0. The number of anilines is 1. The van der Waals surface area contributed by atoms with E-state index in [0.717, 1.165) is 88.5 Å². The largest absolute Gasteiger partial charge is 0.444 e. The van der Waals surface area contributed by atoms with Crippen molar-refractivity contribution in [3.8, 4) is 0 Å². The highest BCUT2D eigenvalue weighted by Crippen LogP contribution is 2.43. The average molecular weight is 594 g/mol. The lowest BCUT2D eigenvalue weighted by molar-refractivity contribution is -0.136. The summed E-state index contributed by atoms with van der Waals surface area (Å²) in [6.07, 6.45) is 5.43. The van der Waals surface area contributed by atoms with Gasteiger partial charge in [0.1, 0.15) is 11.6 Å². The van der Waals surface area contributed by atoms with E-state index in [1.165, 1.54) is 0 Å². The van der Waals surface area contributed by atoms with Crippen molar-refractivity contribution in [2.45, 2.75) is 77.4 Å². The molecule has 0 aliphatic carbocycles. The zero-order valence-corrected chi connectivity index (χ0v) is 25.5. The number of nitrogens with zero attached hydrogens (tertiary/aromatic N) is 4. The van der Waals surface area contributed by atoms with Gasteiger partial charge in [-0.3, -0.25) is 29.4 Å². The van der Waals surface area contributed by atoms with Crippen LogP contribution in [0.1, 0.15) is 86.4 Å². The lowest BCUT2D eigenvalue weighted by Gasteiger charge is -2.42. The topological polar surface area (TPSA) is 120 Å². The first kappa shape index (κ1) is 29.6. The Bertz CT molecular complexity index is 1320. The van der Waals surface area contributed by atoms with Gasteiger partial charge in [-0.2, -0.15) is 0 Å². The summed E-state index contributed by atoms with van der Waals surface area (Å²) in [7, 11) is 0. The lowest BCUT2D eigenvalue weighted by atomic mass is 9.77. The number of rotatable bonds is 4. The van der Waals surface area contributed by atoms with Crippen molar-refractivity contribution in [2.24, 2.45) is 11.3 Å². The van der Waals surface area contributed by atoms with Crippen molar-refractivity contribution in [3.63, 3.8) is 0 Å². The number of hydrogen-bond acceptors (Lipinski definition) is 8. The van der Waals surface area contributed by atoms with Crippen molar-refractivity contribution in [3.05, 3.63) is 29.3 Å². The fourth-order valence-corrected chi connectivity index (χ4v) is 7.42. The van der Waals surface area contributed by atoms with Gasteiger partial charge in [-0.1, -0.05) is 0 Å². The number of imide groups is 2. The average Bonchev–Trinajstić information content (AvgIpc) is 3.48. The highest BCUT2D eigenvalue weighted by molar-refractivity contribution is 6.23. The molecule has 4 saturated heterocycles. The van der Waals surface area contributed by atoms with Crippen LogP contribution >= 0.6 is 0 Å². The standard InChI is InChI=1S/C32H43N5O6/c1-31(2,3)43-30(42)35-13-8-21(9-14-35)19-34-15-10-32(11-16-34)12-17-36(20-32)22-4-5-23-24(18-22)29(41)37(28(23)40)25-6-7-26(38)33-27(25)39/h4-5,18,21,25H,6-17,19-20H2,1-3H3,(H,33,38,39). The fourth-order valence-electron chi connectivity index (χ4n) is 7.42. The van der Waals surface area contributed by atoms with Crippen LogP contribution in [0.5, 0.6) is 0 Å². The number of likely N-dealkylation sites (tertiary alicyclic amines) is 2. The zero-order chi connectivity index (χ0) is 30.5. The highest BCUT2D eigenvalue weighted by Gasteiger charge is 2.46. The number of benzene rings is 1. The number of carbonyl (C=O) groups excluding carboxylic acids is 5. The summed E-state index contributed by atoms with van der Waals surface area (Å²) in [4.78, 5) is 70.5. The number of ether oxygens (including phenoxy) is 1. The van der Waals surface area contributed by atoms with E-state index in [-0.39, 0.29) is 30.3 Å². The Morgan fingerprint density at radius 3 is 2.28 bits per heavy atom. The molecule has 1 aromatic carbocycles. The molecule has 0 radical (unpaired) electrons. The Kier molecular flexibility index (Phi) is 7.73. The summed E-state index contributed by atoms with van der Waals surface area (Å²) >= 11 is 0. The molecular formula is C32H43N5O6. The van der Waals surface area contributed by atoms with Crippen LogP contribution in [-0.2, 0) is 14.3 Å². The SMILES string of the molecule is CC(C)(C)OC(=O)N1CCC(CN2CCC3(CC2)CCN(c2ccc4c(c2)C(=O)N(C2CCC(=O)NC2=O)C4=O)C3)CC1. The van der Waals surface area contributed by atoms with E-state index in [1.54, 1.807) is 12.1 Å². The highest BCUT2D eigenvalue weighted by atomic mass is 16.6. The molecule has 232 valence electrons. The Labute approximate surface area is 252 Å². The molecule has 4 fully saturated rings. The summed E-state index contributed by atoms with van der Waals surface area (Å²) in [6.45, 7) is 12.3. The van der Waals surface area contributed by atoms with E-state index in [4.69, 9.17) is 4.74 Å². The van der Waals surface area contributed by atoms with Crippen LogP contribution in [-0.4, -0.2) is 102 Å². The maximum absolute atomic E-state index is 13.3. The Morgan fingerprint density at radius 1 is 0.930 bits per heavy atom. The van der Waals surface area contributed by atoms with E-state index in [0.29, 0.717) is 17.0 Å². The van der Waals surface area contributed by atoms with E-state index in [1.807, 2.05) is 31.7 Å². The van der Waals surface area contributed by atoms with Crippen LogP contribution in [0.3, 0.4) is 0 Å². The Balaban J connectivity index is 1.01. The van der Waals surface area contributed by atoms with Gasteiger partial charge < -0.3 is 19.4 Å². The second-order valence-electron chi connectivity index (χ2n) is 14.1. The predicted octanol–water partition coefficient (Wildman–Crippen LogP) is 3.03. The minimum absolute atomic E-state index is 0.107. The molecule has 5 aliphatic rings. The van der Waals surface area contributed by atoms with Crippen LogP contribution in [0.15, 0.2) is 18.2 Å². The van der Waals surface area contributed by atoms with Crippen LogP contribution in [0.2, 0.25) is 0 Å². The number of fused-ring (bicyclic) bond motifs is 1.